The van der Waals surface area contributed by atoms with E-state index in [1.54, 1.807) is 6.20 Å². The fraction of sp³-hybridized carbons (Fsp3) is 0.636. The van der Waals surface area contributed by atoms with E-state index in [1.807, 2.05) is 24.6 Å². The molecule has 2 N–H and O–H groups in total. The average molecular weight is 225 g/mol. The van der Waals surface area contributed by atoms with Crippen molar-refractivity contribution in [1.29, 1.82) is 0 Å². The lowest BCUT2D eigenvalue weighted by Gasteiger charge is -2.20. The number of ether oxygens (including phenoxy) is 1. The van der Waals surface area contributed by atoms with Crippen LogP contribution < -0.4 is 5.73 Å². The smallest absolute Gasteiger partial charge is 0.306 e. The Balaban J connectivity index is 2.89. The van der Waals surface area contributed by atoms with E-state index < -0.39 is 0 Å². The molecule has 0 saturated heterocycles. The molecule has 0 saturated carbocycles. The fourth-order valence-corrected chi connectivity index (χ4v) is 1.74. The van der Waals surface area contributed by atoms with E-state index >= 15 is 0 Å². The second-order valence-corrected chi connectivity index (χ2v) is 3.82. The molecule has 16 heavy (non-hydrogen) atoms. The van der Waals surface area contributed by atoms with Crippen LogP contribution in [0.25, 0.3) is 0 Å². The summed E-state index contributed by atoms with van der Waals surface area (Å²) in [6.45, 7) is 4.67. The van der Waals surface area contributed by atoms with Crippen molar-refractivity contribution in [3.63, 3.8) is 0 Å². The third-order valence-corrected chi connectivity index (χ3v) is 2.68. The highest BCUT2D eigenvalue weighted by Crippen LogP contribution is 2.22. The summed E-state index contributed by atoms with van der Waals surface area (Å²) < 4.78 is 6.54. The molecule has 1 aromatic heterocycles. The van der Waals surface area contributed by atoms with Crippen LogP contribution in [0.1, 0.15) is 31.9 Å². The molecule has 2 atom stereocenters. The molecule has 5 heteroatoms. The Hall–Kier alpha value is -1.36. The molecule has 0 spiro atoms. The van der Waals surface area contributed by atoms with Crippen LogP contribution in [0.5, 0.6) is 0 Å². The molecule has 0 amide bonds. The molecule has 90 valence electrons. The molecule has 1 heterocycles. The minimum absolute atomic E-state index is 0.0464. The van der Waals surface area contributed by atoms with Gasteiger partial charge in [0.05, 0.1) is 13.5 Å². The van der Waals surface area contributed by atoms with E-state index in [1.165, 1.54) is 7.11 Å². The first-order valence-electron chi connectivity index (χ1n) is 5.44. The van der Waals surface area contributed by atoms with Crippen molar-refractivity contribution < 1.29 is 9.53 Å². The number of aromatic nitrogens is 2. The van der Waals surface area contributed by atoms with Gasteiger partial charge >= 0.3 is 5.97 Å². The maximum Gasteiger partial charge on any atom is 0.306 e. The second-order valence-electron chi connectivity index (χ2n) is 3.82. The third-order valence-electron chi connectivity index (χ3n) is 2.68. The van der Waals surface area contributed by atoms with Crippen LogP contribution in [-0.4, -0.2) is 28.9 Å². The predicted molar refractivity (Wildman–Crippen MR) is 60.9 cm³/mol. The van der Waals surface area contributed by atoms with Crippen LogP contribution in [0.15, 0.2) is 12.3 Å². The average Bonchev–Trinajstić information content (AvgIpc) is 2.72. The highest BCUT2D eigenvalue weighted by Gasteiger charge is 2.23. The second kappa shape index (κ2) is 5.65. The van der Waals surface area contributed by atoms with Crippen LogP contribution in [-0.2, 0) is 16.1 Å². The molecule has 1 aromatic rings. The predicted octanol–water partition coefficient (Wildman–Crippen LogP) is 0.897. The normalized spacial score (nSPS) is 14.5. The highest BCUT2D eigenvalue weighted by molar-refractivity contribution is 5.70. The Kier molecular flexibility index (Phi) is 4.49. The lowest BCUT2D eigenvalue weighted by atomic mass is 9.94. The van der Waals surface area contributed by atoms with Crippen LogP contribution in [0.4, 0.5) is 0 Å². The number of carbonyl (C=O) groups excluding carboxylic acids is 1. The Morgan fingerprint density at radius 3 is 2.88 bits per heavy atom. The number of carbonyl (C=O) groups is 1. The SMILES string of the molecule is CCn1nccc1C(CC(=O)OC)C(C)N. The van der Waals surface area contributed by atoms with Crippen LogP contribution >= 0.6 is 0 Å². The van der Waals surface area contributed by atoms with E-state index in [2.05, 4.69) is 9.84 Å². The first kappa shape index (κ1) is 12.7. The van der Waals surface area contributed by atoms with Gasteiger partial charge < -0.3 is 10.5 Å². The summed E-state index contributed by atoms with van der Waals surface area (Å²) in [5.74, 6) is -0.291. The minimum Gasteiger partial charge on any atom is -0.469 e. The van der Waals surface area contributed by atoms with Crippen molar-refractivity contribution >= 4 is 5.97 Å². The van der Waals surface area contributed by atoms with Gasteiger partial charge in [-0.3, -0.25) is 9.48 Å². The van der Waals surface area contributed by atoms with E-state index in [0.29, 0.717) is 6.42 Å². The van der Waals surface area contributed by atoms with Gasteiger partial charge in [0.25, 0.3) is 0 Å². The third kappa shape index (κ3) is 2.82. The molecule has 0 aliphatic carbocycles. The molecule has 0 aliphatic rings. The van der Waals surface area contributed by atoms with Crippen LogP contribution in [0, 0.1) is 0 Å². The zero-order valence-electron chi connectivity index (χ0n) is 10.0. The molecule has 0 radical (unpaired) electrons. The van der Waals surface area contributed by atoms with Crippen molar-refractivity contribution in [2.24, 2.45) is 5.73 Å². The van der Waals surface area contributed by atoms with Gasteiger partial charge in [-0.2, -0.15) is 5.10 Å². The van der Waals surface area contributed by atoms with Gasteiger partial charge in [0.2, 0.25) is 0 Å². The van der Waals surface area contributed by atoms with Gasteiger partial charge in [0.1, 0.15) is 0 Å². The van der Waals surface area contributed by atoms with E-state index in [-0.39, 0.29) is 17.9 Å². The van der Waals surface area contributed by atoms with E-state index in [4.69, 9.17) is 5.73 Å². The van der Waals surface area contributed by atoms with Gasteiger partial charge in [-0.25, -0.2) is 0 Å². The highest BCUT2D eigenvalue weighted by atomic mass is 16.5. The maximum absolute atomic E-state index is 11.3. The lowest BCUT2D eigenvalue weighted by Crippen LogP contribution is -2.29. The molecule has 0 fully saturated rings. The summed E-state index contributed by atoms with van der Waals surface area (Å²) in [7, 11) is 1.39. The summed E-state index contributed by atoms with van der Waals surface area (Å²) >= 11 is 0. The molecule has 0 aromatic carbocycles. The number of hydrogen-bond donors (Lipinski definition) is 1. The quantitative estimate of drug-likeness (QED) is 0.756. The Morgan fingerprint density at radius 1 is 1.69 bits per heavy atom. The van der Waals surface area contributed by atoms with Gasteiger partial charge in [-0.1, -0.05) is 0 Å². The standard InChI is InChI=1S/C11H19N3O2/c1-4-14-10(5-6-13-14)9(8(2)12)7-11(15)16-3/h5-6,8-9H,4,7,12H2,1-3H3. The Bertz CT molecular complexity index is 347. The monoisotopic (exact) mass is 225 g/mol. The van der Waals surface area contributed by atoms with E-state index in [0.717, 1.165) is 12.2 Å². The summed E-state index contributed by atoms with van der Waals surface area (Å²) in [5.41, 5.74) is 6.89. The molecular weight excluding hydrogens is 206 g/mol. The number of aryl methyl sites for hydroxylation is 1. The van der Waals surface area contributed by atoms with Crippen LogP contribution in [0.3, 0.4) is 0 Å². The van der Waals surface area contributed by atoms with Crippen molar-refractivity contribution in [2.75, 3.05) is 7.11 Å². The van der Waals surface area contributed by atoms with Crippen molar-refractivity contribution in [1.82, 2.24) is 9.78 Å². The van der Waals surface area contributed by atoms with Gasteiger partial charge in [0, 0.05) is 30.4 Å². The van der Waals surface area contributed by atoms with Crippen molar-refractivity contribution in [3.05, 3.63) is 18.0 Å². The Morgan fingerprint density at radius 2 is 2.38 bits per heavy atom. The summed E-state index contributed by atoms with van der Waals surface area (Å²) in [6.07, 6.45) is 2.02. The molecule has 1 rings (SSSR count). The number of nitrogens with two attached hydrogens (primary N) is 1. The van der Waals surface area contributed by atoms with Crippen molar-refractivity contribution in [2.45, 2.75) is 38.8 Å². The number of rotatable bonds is 5. The zero-order chi connectivity index (χ0) is 12.1. The Labute approximate surface area is 95.6 Å². The molecular formula is C11H19N3O2. The fourth-order valence-electron chi connectivity index (χ4n) is 1.74. The van der Waals surface area contributed by atoms with Gasteiger partial charge in [-0.15, -0.1) is 0 Å². The largest absolute Gasteiger partial charge is 0.469 e. The summed E-state index contributed by atoms with van der Waals surface area (Å²) in [6, 6.07) is 1.79. The molecule has 0 aliphatic heterocycles. The minimum atomic E-state index is -0.244. The molecule has 5 nitrogen and oxygen atoms in total. The number of esters is 1. The summed E-state index contributed by atoms with van der Waals surface area (Å²) in [4.78, 5) is 11.3. The number of nitrogens with zero attached hydrogens (tertiary/aromatic N) is 2. The van der Waals surface area contributed by atoms with Crippen LogP contribution in [0.2, 0.25) is 0 Å². The van der Waals surface area contributed by atoms with Gasteiger partial charge in [0.15, 0.2) is 0 Å². The topological polar surface area (TPSA) is 70.1 Å². The lowest BCUT2D eigenvalue weighted by molar-refractivity contribution is -0.141. The maximum atomic E-state index is 11.3. The summed E-state index contributed by atoms with van der Waals surface area (Å²) in [5, 5.41) is 4.18. The zero-order valence-corrected chi connectivity index (χ0v) is 10.0. The number of hydrogen-bond acceptors (Lipinski definition) is 4. The first-order chi connectivity index (χ1) is 7.60. The number of methoxy groups -OCH3 is 1. The molecule has 2 unspecified atom stereocenters. The van der Waals surface area contributed by atoms with Gasteiger partial charge in [-0.05, 0) is 19.9 Å². The molecule has 0 bridgehead atoms. The first-order valence-corrected chi connectivity index (χ1v) is 5.44. The van der Waals surface area contributed by atoms with E-state index in [9.17, 15) is 4.79 Å². The van der Waals surface area contributed by atoms with Crippen molar-refractivity contribution in [3.8, 4) is 0 Å².